The van der Waals surface area contributed by atoms with Crippen LogP contribution in [-0.4, -0.2) is 16.2 Å². The van der Waals surface area contributed by atoms with Gasteiger partial charge < -0.3 is 23.8 Å². The summed E-state index contributed by atoms with van der Waals surface area (Å²) in [5, 5.41) is 7.33. The van der Waals surface area contributed by atoms with E-state index < -0.39 is 0 Å². The fraction of sp³-hybridized carbons (Fsp3) is 0.0423. The minimum atomic E-state index is 1.08. The van der Waals surface area contributed by atoms with Crippen LogP contribution in [0, 0.1) is 0 Å². The van der Waals surface area contributed by atoms with Crippen LogP contribution in [-0.2, 0) is 0 Å². The zero-order valence-corrected chi connectivity index (χ0v) is 42.7. The highest BCUT2D eigenvalue weighted by Gasteiger charge is 2.20. The van der Waals surface area contributed by atoms with E-state index in [1.54, 1.807) is 0 Å². The van der Waals surface area contributed by atoms with Gasteiger partial charge >= 0.3 is 0 Å². The Morgan fingerprint density at radius 3 is 1.08 bits per heavy atom. The lowest BCUT2D eigenvalue weighted by Crippen LogP contribution is -2.10. The van der Waals surface area contributed by atoms with Crippen LogP contribution >= 0.6 is 0 Å². The van der Waals surface area contributed by atoms with Gasteiger partial charge in [-0.25, -0.2) is 0 Å². The van der Waals surface area contributed by atoms with Crippen LogP contribution in [0.2, 0.25) is 0 Å². The molecule has 11 aromatic carbocycles. The van der Waals surface area contributed by atoms with Gasteiger partial charge in [-0.3, -0.25) is 0 Å². The van der Waals surface area contributed by atoms with E-state index >= 15 is 0 Å². The monoisotopic (exact) mass is 979 g/mol. The lowest BCUT2D eigenvalue weighted by atomic mass is 10.0. The number of rotatable bonds is 12. The maximum absolute atomic E-state index is 2.38. The van der Waals surface area contributed by atoms with Gasteiger partial charge in [-0.05, 0) is 156 Å². The molecule has 13 rings (SSSR count). The average Bonchev–Trinajstić information content (AvgIpc) is 4.16. The van der Waals surface area contributed by atoms with Crippen molar-refractivity contribution in [2.45, 2.75) is 13.3 Å². The second kappa shape index (κ2) is 21.3. The Bertz CT molecular complexity index is 3830. The van der Waals surface area contributed by atoms with E-state index in [-0.39, 0.29) is 0 Å². The number of nitrogens with zero attached hydrogens (tertiary/aromatic N) is 5. The number of hydrogen-bond donors (Lipinski definition) is 0. The predicted octanol–water partition coefficient (Wildman–Crippen LogP) is 19.5. The average molecular weight is 980 g/mol. The highest BCUT2D eigenvalue weighted by Crippen LogP contribution is 2.44. The minimum absolute atomic E-state index is 1.08. The van der Waals surface area contributed by atoms with Crippen molar-refractivity contribution < 1.29 is 0 Å². The molecule has 0 saturated heterocycles. The lowest BCUT2D eigenvalue weighted by Gasteiger charge is -2.27. The second-order valence-electron chi connectivity index (χ2n) is 19.0. The molecule has 0 aliphatic carbocycles. The number of allylic oxidation sites excluding steroid dienone is 1. The molecule has 0 amide bonds. The maximum atomic E-state index is 2.38. The predicted molar refractivity (Wildman–Crippen MR) is 324 cm³/mol. The molecule has 2 aromatic heterocycles. The Morgan fingerprint density at radius 1 is 0.316 bits per heavy atom. The number of hydrogen-bond acceptors (Lipinski definition) is 3. The molecule has 0 aliphatic rings. The molecule has 76 heavy (non-hydrogen) atoms. The van der Waals surface area contributed by atoms with Crippen LogP contribution in [0.15, 0.2) is 298 Å². The van der Waals surface area contributed by atoms with E-state index in [1.807, 2.05) is 18.2 Å². The van der Waals surface area contributed by atoms with Gasteiger partial charge in [-0.15, -0.1) is 0 Å². The van der Waals surface area contributed by atoms with E-state index in [1.165, 1.54) is 49.0 Å². The zero-order chi connectivity index (χ0) is 51.2. The van der Waals surface area contributed by atoms with Crippen LogP contribution in [0.3, 0.4) is 0 Å². The summed E-state index contributed by atoms with van der Waals surface area (Å²) in [6.45, 7) is 2.13. The number of para-hydroxylation sites is 5. The Kier molecular flexibility index (Phi) is 13.2. The van der Waals surface area contributed by atoms with E-state index in [9.17, 15) is 0 Å². The molecule has 0 N–H and O–H groups in total. The number of benzene rings is 11. The first-order valence-corrected chi connectivity index (χ1v) is 26.1. The largest absolute Gasteiger partial charge is 0.351 e. The highest BCUT2D eigenvalue weighted by molar-refractivity contribution is 6.14. The molecule has 0 aliphatic heterocycles. The summed E-state index contributed by atoms with van der Waals surface area (Å²) in [5.41, 5.74) is 14.9. The molecular weight excluding hydrogens is 923 g/mol. The standard InChI is InChI=1S/C60H42N4.C11H15N/c1-5-15-45(16-6-1)61-41-39-55-51-23-13-25-59(53(51)35-37-57(55)61)63(47-19-9-3-10-20-47)49-31-27-43(28-32-49)44-29-33-50(34-30-44)64(48-21-11-4-12-22-48)60-26-14-24-52-54(60)36-38-58-56(52)40-42-62(58)46-17-7-2-8-18-46;1-3-4-10-12(2)11-8-6-5-7-9-11/h1-42H;4-10H,3H2,1-2H3/b;10-4-. The fourth-order valence-corrected chi connectivity index (χ4v) is 10.6. The first kappa shape index (κ1) is 47.2. The third-order valence-electron chi connectivity index (χ3n) is 14.3. The van der Waals surface area contributed by atoms with Crippen LogP contribution in [0.1, 0.15) is 13.3 Å². The summed E-state index contributed by atoms with van der Waals surface area (Å²) in [6, 6.07) is 97.6. The molecule has 366 valence electrons. The van der Waals surface area contributed by atoms with Crippen LogP contribution in [0.25, 0.3) is 65.9 Å². The van der Waals surface area contributed by atoms with Crippen molar-refractivity contribution in [3.63, 3.8) is 0 Å². The van der Waals surface area contributed by atoms with Gasteiger partial charge in [0, 0.05) is 80.8 Å². The third-order valence-corrected chi connectivity index (χ3v) is 14.3. The van der Waals surface area contributed by atoms with Crippen molar-refractivity contribution in [3.8, 4) is 22.5 Å². The van der Waals surface area contributed by atoms with Gasteiger partial charge in [-0.2, -0.15) is 0 Å². The summed E-state index contributed by atoms with van der Waals surface area (Å²) in [7, 11) is 2.06. The van der Waals surface area contributed by atoms with E-state index in [0.717, 1.165) is 63.0 Å². The maximum Gasteiger partial charge on any atom is 0.0540 e. The lowest BCUT2D eigenvalue weighted by molar-refractivity contribution is 1.13. The fourth-order valence-electron chi connectivity index (χ4n) is 10.6. The molecule has 0 radical (unpaired) electrons. The normalized spacial score (nSPS) is 11.3. The Morgan fingerprint density at radius 2 is 0.684 bits per heavy atom. The number of fused-ring (bicyclic) bond motifs is 6. The van der Waals surface area contributed by atoms with Crippen molar-refractivity contribution in [1.82, 2.24) is 9.13 Å². The van der Waals surface area contributed by atoms with Crippen molar-refractivity contribution >= 4 is 83.2 Å². The van der Waals surface area contributed by atoms with Crippen LogP contribution in [0.5, 0.6) is 0 Å². The summed E-state index contributed by atoms with van der Waals surface area (Å²) in [4.78, 5) is 6.87. The third kappa shape index (κ3) is 9.27. The first-order chi connectivity index (χ1) is 37.6. The number of aromatic nitrogens is 2. The quantitative estimate of drug-likeness (QED) is 0.122. The second-order valence-corrected chi connectivity index (χ2v) is 19.0. The van der Waals surface area contributed by atoms with Crippen molar-refractivity contribution in [1.29, 1.82) is 0 Å². The van der Waals surface area contributed by atoms with E-state index in [4.69, 9.17) is 0 Å². The van der Waals surface area contributed by atoms with Crippen molar-refractivity contribution in [2.75, 3.05) is 21.7 Å². The Balaban J connectivity index is 0.000000431. The Hall–Kier alpha value is -9.84. The van der Waals surface area contributed by atoms with Gasteiger partial charge in [0.1, 0.15) is 0 Å². The van der Waals surface area contributed by atoms with Gasteiger partial charge in [0.25, 0.3) is 0 Å². The van der Waals surface area contributed by atoms with Gasteiger partial charge in [-0.1, -0.05) is 165 Å². The molecular formula is C71H57N5. The molecule has 0 saturated carbocycles. The molecule has 5 heteroatoms. The molecule has 2 heterocycles. The van der Waals surface area contributed by atoms with E-state index in [2.05, 4.69) is 317 Å². The molecule has 0 atom stereocenters. The number of anilines is 7. The SMILES string of the molecule is CC/C=C\N(C)c1ccccc1.c1ccc(N(c2ccc(-c3ccc(N(c4ccccc4)c4cccc5c4ccc4c5ccn4-c4ccccc4)cc3)cc2)c2cccc3c2ccc2c3ccn2-c2ccccc2)cc1. The van der Waals surface area contributed by atoms with E-state index in [0.29, 0.717) is 0 Å². The molecule has 0 bridgehead atoms. The zero-order valence-electron chi connectivity index (χ0n) is 42.7. The van der Waals surface area contributed by atoms with Crippen LogP contribution < -0.4 is 14.7 Å². The molecule has 0 unspecified atom stereocenters. The summed E-state index contributed by atoms with van der Waals surface area (Å²) < 4.78 is 4.54. The summed E-state index contributed by atoms with van der Waals surface area (Å²) >= 11 is 0. The molecule has 0 fully saturated rings. The van der Waals surface area contributed by atoms with Gasteiger partial charge in [0.2, 0.25) is 0 Å². The van der Waals surface area contributed by atoms with Crippen LogP contribution in [0.4, 0.5) is 39.8 Å². The van der Waals surface area contributed by atoms with Gasteiger partial charge in [0.05, 0.1) is 22.4 Å². The van der Waals surface area contributed by atoms with Gasteiger partial charge in [0.15, 0.2) is 0 Å². The molecule has 0 spiro atoms. The topological polar surface area (TPSA) is 19.6 Å². The molecule has 5 nitrogen and oxygen atoms in total. The summed E-state index contributed by atoms with van der Waals surface area (Å²) in [6.07, 6.45) is 9.67. The smallest absolute Gasteiger partial charge is 0.0540 e. The summed E-state index contributed by atoms with van der Waals surface area (Å²) in [5.74, 6) is 0. The van der Waals surface area contributed by atoms with Crippen molar-refractivity contribution in [3.05, 3.63) is 298 Å². The highest BCUT2D eigenvalue weighted by atomic mass is 15.1. The first-order valence-electron chi connectivity index (χ1n) is 26.1. The minimum Gasteiger partial charge on any atom is -0.351 e. The van der Waals surface area contributed by atoms with Crippen molar-refractivity contribution in [2.24, 2.45) is 0 Å². The Labute approximate surface area is 445 Å². The molecule has 13 aromatic rings.